The molecule has 1 aliphatic carbocycles. The Kier molecular flexibility index (Phi) is 4.00. The minimum Gasteiger partial charge on any atom is -0.383 e. The molecule has 3 heteroatoms. The maximum Gasteiger partial charge on any atom is 0.131 e. The zero-order valence-corrected chi connectivity index (χ0v) is 13.1. The van der Waals surface area contributed by atoms with E-state index in [4.69, 9.17) is 10.7 Å². The molecular formula is C18H25N3. The lowest BCUT2D eigenvalue weighted by Crippen LogP contribution is -2.11. The SMILES string of the molecule is CCc1ccccc1-c1nc(C2CCCCC2)n(C)c1N. The molecule has 1 aromatic carbocycles. The van der Waals surface area contributed by atoms with E-state index in [-0.39, 0.29) is 0 Å². The lowest BCUT2D eigenvalue weighted by atomic mass is 9.89. The third-order valence-electron chi connectivity index (χ3n) is 4.80. The highest BCUT2D eigenvalue weighted by Crippen LogP contribution is 2.36. The summed E-state index contributed by atoms with van der Waals surface area (Å²) in [6.45, 7) is 2.18. The number of aryl methyl sites for hydroxylation is 1. The van der Waals surface area contributed by atoms with E-state index >= 15 is 0 Å². The zero-order valence-electron chi connectivity index (χ0n) is 13.1. The fourth-order valence-corrected chi connectivity index (χ4v) is 3.51. The maximum absolute atomic E-state index is 6.37. The number of nitrogens with two attached hydrogens (primary N) is 1. The third kappa shape index (κ3) is 2.57. The van der Waals surface area contributed by atoms with Crippen LogP contribution in [0, 0.1) is 0 Å². The molecule has 1 aromatic heterocycles. The van der Waals surface area contributed by atoms with Crippen LogP contribution in [0.15, 0.2) is 24.3 Å². The largest absolute Gasteiger partial charge is 0.383 e. The molecule has 112 valence electrons. The van der Waals surface area contributed by atoms with Gasteiger partial charge in [-0.15, -0.1) is 0 Å². The van der Waals surface area contributed by atoms with Crippen LogP contribution in [-0.4, -0.2) is 9.55 Å². The van der Waals surface area contributed by atoms with Crippen molar-refractivity contribution in [2.24, 2.45) is 7.05 Å². The molecular weight excluding hydrogens is 258 g/mol. The van der Waals surface area contributed by atoms with E-state index in [1.807, 2.05) is 0 Å². The summed E-state index contributed by atoms with van der Waals surface area (Å²) < 4.78 is 2.11. The van der Waals surface area contributed by atoms with Crippen LogP contribution in [0.2, 0.25) is 0 Å². The second-order valence-corrected chi connectivity index (χ2v) is 6.11. The van der Waals surface area contributed by atoms with Crippen LogP contribution in [0.5, 0.6) is 0 Å². The molecule has 0 unspecified atom stereocenters. The van der Waals surface area contributed by atoms with Gasteiger partial charge in [-0.1, -0.05) is 50.5 Å². The first-order chi connectivity index (χ1) is 10.2. The standard InChI is InChI=1S/C18H25N3/c1-3-13-9-7-8-12-15(13)16-17(19)21(2)18(20-16)14-10-5-4-6-11-14/h7-9,12,14H,3-6,10-11,19H2,1-2H3. The van der Waals surface area contributed by atoms with Gasteiger partial charge in [-0.3, -0.25) is 0 Å². The number of imidazole rings is 1. The van der Waals surface area contributed by atoms with Crippen molar-refractivity contribution in [1.29, 1.82) is 0 Å². The molecule has 0 bridgehead atoms. The summed E-state index contributed by atoms with van der Waals surface area (Å²) in [5, 5.41) is 0. The summed E-state index contributed by atoms with van der Waals surface area (Å²) in [5.41, 5.74) is 9.84. The van der Waals surface area contributed by atoms with Crippen molar-refractivity contribution in [3.8, 4) is 11.3 Å². The van der Waals surface area contributed by atoms with Gasteiger partial charge in [0.05, 0.1) is 0 Å². The van der Waals surface area contributed by atoms with Crippen LogP contribution in [0.3, 0.4) is 0 Å². The van der Waals surface area contributed by atoms with Crippen LogP contribution >= 0.6 is 0 Å². The molecule has 1 aliphatic rings. The maximum atomic E-state index is 6.37. The average Bonchev–Trinajstić information content (AvgIpc) is 2.84. The minimum atomic E-state index is 0.577. The number of nitrogen functional groups attached to an aromatic ring is 1. The second-order valence-electron chi connectivity index (χ2n) is 6.11. The number of hydrogen-bond donors (Lipinski definition) is 1. The van der Waals surface area contributed by atoms with Gasteiger partial charge in [0.15, 0.2) is 0 Å². The summed E-state index contributed by atoms with van der Waals surface area (Å²) in [6, 6.07) is 8.47. The number of rotatable bonds is 3. The van der Waals surface area contributed by atoms with Crippen LogP contribution in [0.4, 0.5) is 5.82 Å². The van der Waals surface area contributed by atoms with Gasteiger partial charge in [0, 0.05) is 18.5 Å². The lowest BCUT2D eigenvalue weighted by Gasteiger charge is -2.21. The van der Waals surface area contributed by atoms with Crippen molar-refractivity contribution in [1.82, 2.24) is 9.55 Å². The van der Waals surface area contributed by atoms with Gasteiger partial charge in [-0.05, 0) is 24.8 Å². The molecule has 1 heterocycles. The average molecular weight is 283 g/mol. The summed E-state index contributed by atoms with van der Waals surface area (Å²) in [6.07, 6.45) is 7.50. The lowest BCUT2D eigenvalue weighted by molar-refractivity contribution is 0.422. The first-order valence-electron chi connectivity index (χ1n) is 8.12. The van der Waals surface area contributed by atoms with Gasteiger partial charge in [0.2, 0.25) is 0 Å². The highest BCUT2D eigenvalue weighted by molar-refractivity contribution is 5.74. The van der Waals surface area contributed by atoms with E-state index < -0.39 is 0 Å². The highest BCUT2D eigenvalue weighted by Gasteiger charge is 2.23. The molecule has 1 fully saturated rings. The molecule has 1 saturated carbocycles. The van der Waals surface area contributed by atoms with Crippen LogP contribution in [-0.2, 0) is 13.5 Å². The Morgan fingerprint density at radius 2 is 1.90 bits per heavy atom. The molecule has 0 atom stereocenters. The molecule has 0 spiro atoms. The molecule has 2 N–H and O–H groups in total. The van der Waals surface area contributed by atoms with Gasteiger partial charge in [0.25, 0.3) is 0 Å². The normalized spacial score (nSPS) is 16.3. The molecule has 3 nitrogen and oxygen atoms in total. The molecule has 0 saturated heterocycles. The predicted molar refractivity (Wildman–Crippen MR) is 88.3 cm³/mol. The first-order valence-corrected chi connectivity index (χ1v) is 8.12. The molecule has 0 radical (unpaired) electrons. The third-order valence-corrected chi connectivity index (χ3v) is 4.80. The van der Waals surface area contributed by atoms with E-state index in [0.29, 0.717) is 5.92 Å². The Balaban J connectivity index is 2.04. The summed E-state index contributed by atoms with van der Waals surface area (Å²) >= 11 is 0. The van der Waals surface area contributed by atoms with Crippen molar-refractivity contribution in [2.75, 3.05) is 5.73 Å². The second kappa shape index (κ2) is 5.92. The fraction of sp³-hybridized carbons (Fsp3) is 0.500. The predicted octanol–water partition coefficient (Wildman–Crippen LogP) is 4.28. The smallest absolute Gasteiger partial charge is 0.131 e. The van der Waals surface area contributed by atoms with Gasteiger partial charge in [-0.2, -0.15) is 0 Å². The molecule has 3 rings (SSSR count). The van der Waals surface area contributed by atoms with Crippen molar-refractivity contribution in [3.05, 3.63) is 35.7 Å². The van der Waals surface area contributed by atoms with Gasteiger partial charge in [-0.25, -0.2) is 4.98 Å². The van der Waals surface area contributed by atoms with Gasteiger partial charge >= 0.3 is 0 Å². The molecule has 21 heavy (non-hydrogen) atoms. The summed E-state index contributed by atoms with van der Waals surface area (Å²) in [5.74, 6) is 2.55. The topological polar surface area (TPSA) is 43.8 Å². The van der Waals surface area contributed by atoms with Crippen molar-refractivity contribution < 1.29 is 0 Å². The van der Waals surface area contributed by atoms with E-state index in [1.165, 1.54) is 49.1 Å². The molecule has 0 amide bonds. The number of nitrogens with zero attached hydrogens (tertiary/aromatic N) is 2. The fourth-order valence-electron chi connectivity index (χ4n) is 3.51. The number of hydrogen-bond acceptors (Lipinski definition) is 2. The molecule has 0 aliphatic heterocycles. The van der Waals surface area contributed by atoms with Crippen LogP contribution < -0.4 is 5.73 Å². The first kappa shape index (κ1) is 14.2. The Bertz CT molecular complexity index is 621. The Hall–Kier alpha value is -1.77. The minimum absolute atomic E-state index is 0.577. The van der Waals surface area contributed by atoms with Crippen molar-refractivity contribution in [3.63, 3.8) is 0 Å². The van der Waals surface area contributed by atoms with Crippen molar-refractivity contribution in [2.45, 2.75) is 51.4 Å². The number of anilines is 1. The van der Waals surface area contributed by atoms with E-state index in [0.717, 1.165) is 17.9 Å². The quantitative estimate of drug-likeness (QED) is 0.913. The van der Waals surface area contributed by atoms with E-state index in [2.05, 4.69) is 42.8 Å². The van der Waals surface area contributed by atoms with E-state index in [9.17, 15) is 0 Å². The Morgan fingerprint density at radius 3 is 2.62 bits per heavy atom. The van der Waals surface area contributed by atoms with Crippen LogP contribution in [0.1, 0.15) is 56.3 Å². The summed E-state index contributed by atoms with van der Waals surface area (Å²) in [4.78, 5) is 4.95. The summed E-state index contributed by atoms with van der Waals surface area (Å²) in [7, 11) is 2.06. The van der Waals surface area contributed by atoms with E-state index in [1.54, 1.807) is 0 Å². The van der Waals surface area contributed by atoms with Gasteiger partial charge in [0.1, 0.15) is 17.3 Å². The molecule has 2 aromatic rings. The zero-order chi connectivity index (χ0) is 14.8. The van der Waals surface area contributed by atoms with Crippen molar-refractivity contribution >= 4 is 5.82 Å². The monoisotopic (exact) mass is 283 g/mol. The van der Waals surface area contributed by atoms with Gasteiger partial charge < -0.3 is 10.3 Å². The van der Waals surface area contributed by atoms with Crippen LogP contribution in [0.25, 0.3) is 11.3 Å². The number of benzene rings is 1. The number of aromatic nitrogens is 2. The Labute approximate surface area is 127 Å². The Morgan fingerprint density at radius 1 is 1.19 bits per heavy atom. The highest BCUT2D eigenvalue weighted by atomic mass is 15.1.